The van der Waals surface area contributed by atoms with Crippen molar-refractivity contribution in [1.82, 2.24) is 0 Å². The summed E-state index contributed by atoms with van der Waals surface area (Å²) in [6, 6.07) is 8.21. The second-order valence-electron chi connectivity index (χ2n) is 6.22. The summed E-state index contributed by atoms with van der Waals surface area (Å²) in [6.07, 6.45) is 0. The molecule has 0 bridgehead atoms. The second-order valence-corrected chi connectivity index (χ2v) is 7.58. The fourth-order valence-electron chi connectivity index (χ4n) is 1.81. The molecule has 7 heteroatoms. The van der Waals surface area contributed by atoms with E-state index in [4.69, 9.17) is 26.2 Å². The number of rotatable bonds is 8. The van der Waals surface area contributed by atoms with Gasteiger partial charge in [-0.25, -0.2) is 4.79 Å². The van der Waals surface area contributed by atoms with Crippen molar-refractivity contribution >= 4 is 34.7 Å². The molecule has 134 valence electrons. The first kappa shape index (κ1) is 19.4. The maximum atomic E-state index is 12.3. The molecule has 1 N–H and O–H groups in total. The van der Waals surface area contributed by atoms with E-state index in [1.165, 1.54) is 17.4 Å². The maximum Gasteiger partial charge on any atom is 0.344 e. The van der Waals surface area contributed by atoms with Gasteiger partial charge < -0.3 is 14.6 Å². The average molecular weight is 383 g/mol. The number of carbonyl (C=O) groups excluding carboxylic acids is 2. The van der Waals surface area contributed by atoms with Crippen molar-refractivity contribution in [2.24, 2.45) is 5.41 Å². The highest BCUT2D eigenvalue weighted by Crippen LogP contribution is 2.27. The summed E-state index contributed by atoms with van der Waals surface area (Å²) >= 11 is 7.49. The lowest BCUT2D eigenvalue weighted by atomic mass is 9.97. The molecule has 1 heterocycles. The number of benzene rings is 1. The molecule has 0 amide bonds. The number of halogens is 1. The Balaban J connectivity index is 1.93. The molecule has 1 aromatic heterocycles. The van der Waals surface area contributed by atoms with Crippen molar-refractivity contribution in [2.45, 2.75) is 13.8 Å². The molecule has 0 spiro atoms. The van der Waals surface area contributed by atoms with Crippen LogP contribution in [0.5, 0.6) is 5.75 Å². The van der Waals surface area contributed by atoms with Crippen LogP contribution in [0.2, 0.25) is 5.02 Å². The van der Waals surface area contributed by atoms with Crippen LogP contribution in [-0.4, -0.2) is 36.7 Å². The van der Waals surface area contributed by atoms with Crippen LogP contribution in [0.4, 0.5) is 0 Å². The zero-order valence-electron chi connectivity index (χ0n) is 14.0. The molecular weight excluding hydrogens is 364 g/mol. The Bertz CT molecular complexity index is 740. The lowest BCUT2D eigenvalue weighted by Crippen LogP contribution is -2.27. The number of ketones is 1. The van der Waals surface area contributed by atoms with Crippen molar-refractivity contribution in [2.75, 3.05) is 19.8 Å². The van der Waals surface area contributed by atoms with Crippen molar-refractivity contribution in [1.29, 1.82) is 0 Å². The van der Waals surface area contributed by atoms with Crippen molar-refractivity contribution in [3.05, 3.63) is 51.2 Å². The van der Waals surface area contributed by atoms with Crippen LogP contribution in [0.1, 0.15) is 29.1 Å². The first-order chi connectivity index (χ1) is 11.8. The number of esters is 1. The summed E-state index contributed by atoms with van der Waals surface area (Å²) in [7, 11) is 0. The van der Waals surface area contributed by atoms with Gasteiger partial charge in [-0.1, -0.05) is 31.5 Å². The number of ether oxygens (including phenoxy) is 2. The van der Waals surface area contributed by atoms with Gasteiger partial charge in [-0.15, -0.1) is 11.3 Å². The Morgan fingerprint density at radius 1 is 1.28 bits per heavy atom. The predicted molar refractivity (Wildman–Crippen MR) is 96.5 cm³/mol. The zero-order chi connectivity index (χ0) is 18.4. The third kappa shape index (κ3) is 5.56. The molecule has 0 atom stereocenters. The largest absolute Gasteiger partial charge is 0.480 e. The van der Waals surface area contributed by atoms with E-state index in [1.54, 1.807) is 38.1 Å². The van der Waals surface area contributed by atoms with Crippen LogP contribution in [0, 0.1) is 5.41 Å². The average Bonchev–Trinajstić information content (AvgIpc) is 3.13. The van der Waals surface area contributed by atoms with Crippen molar-refractivity contribution < 1.29 is 24.2 Å². The van der Waals surface area contributed by atoms with Crippen LogP contribution in [0.15, 0.2) is 35.7 Å². The third-order valence-corrected chi connectivity index (χ3v) is 4.50. The highest BCUT2D eigenvalue weighted by Gasteiger charge is 2.19. The normalized spacial score (nSPS) is 11.2. The van der Waals surface area contributed by atoms with E-state index in [9.17, 15) is 9.59 Å². The molecule has 0 fully saturated rings. The van der Waals surface area contributed by atoms with Gasteiger partial charge in [0.15, 0.2) is 6.61 Å². The molecule has 1 aromatic carbocycles. The monoisotopic (exact) mass is 382 g/mol. The molecule has 2 rings (SSSR count). The number of thiophene rings is 1. The summed E-state index contributed by atoms with van der Waals surface area (Å²) in [6.45, 7) is 3.25. The van der Waals surface area contributed by atoms with E-state index in [0.29, 0.717) is 16.2 Å². The van der Waals surface area contributed by atoms with Crippen LogP contribution < -0.4 is 4.74 Å². The first-order valence-electron chi connectivity index (χ1n) is 7.59. The Labute approximate surface area is 155 Å². The standard InChI is InChI=1S/C18H19ClO5S/c1-18(2,10-20)11-24-16(21)9-23-14-6-5-12(8-13(14)19)17(22)15-4-3-7-25-15/h3-8,20H,9-11H2,1-2H3. The van der Waals surface area contributed by atoms with E-state index in [2.05, 4.69) is 0 Å². The molecular formula is C18H19ClO5S. The van der Waals surface area contributed by atoms with E-state index >= 15 is 0 Å². The number of aliphatic hydroxyl groups is 1. The summed E-state index contributed by atoms with van der Waals surface area (Å²) in [5, 5.41) is 11.2. The highest BCUT2D eigenvalue weighted by atomic mass is 35.5. The van der Waals surface area contributed by atoms with Crippen molar-refractivity contribution in [3.8, 4) is 5.75 Å². The smallest absolute Gasteiger partial charge is 0.344 e. The second kappa shape index (κ2) is 8.47. The van der Waals surface area contributed by atoms with Gasteiger partial charge in [-0.05, 0) is 29.6 Å². The van der Waals surface area contributed by atoms with Gasteiger partial charge in [0.1, 0.15) is 5.75 Å². The molecule has 0 aliphatic rings. The number of hydrogen-bond acceptors (Lipinski definition) is 6. The lowest BCUT2D eigenvalue weighted by Gasteiger charge is -2.20. The molecule has 0 aliphatic carbocycles. The minimum atomic E-state index is -0.559. The molecule has 0 radical (unpaired) electrons. The molecule has 0 saturated heterocycles. The van der Waals surface area contributed by atoms with Crippen LogP contribution in [-0.2, 0) is 9.53 Å². The topological polar surface area (TPSA) is 72.8 Å². The van der Waals surface area contributed by atoms with Gasteiger partial charge in [0.05, 0.1) is 23.1 Å². The fourth-order valence-corrected chi connectivity index (χ4v) is 2.73. The summed E-state index contributed by atoms with van der Waals surface area (Å²) in [4.78, 5) is 24.6. The predicted octanol–water partition coefficient (Wildman–Crippen LogP) is 3.57. The van der Waals surface area contributed by atoms with Gasteiger partial charge in [0, 0.05) is 11.0 Å². The third-order valence-electron chi connectivity index (χ3n) is 3.34. The number of hydrogen-bond donors (Lipinski definition) is 1. The van der Waals surface area contributed by atoms with Crippen LogP contribution in [0.25, 0.3) is 0 Å². The minimum Gasteiger partial charge on any atom is -0.480 e. The van der Waals surface area contributed by atoms with E-state index in [0.717, 1.165) is 0 Å². The molecule has 0 unspecified atom stereocenters. The SMILES string of the molecule is CC(C)(CO)COC(=O)COc1ccc(C(=O)c2cccs2)cc1Cl. The van der Waals surface area contributed by atoms with E-state index in [-0.39, 0.29) is 30.6 Å². The summed E-state index contributed by atoms with van der Waals surface area (Å²) in [5.74, 6) is -0.381. The quantitative estimate of drug-likeness (QED) is 0.558. The van der Waals surface area contributed by atoms with Gasteiger partial charge in [0.2, 0.25) is 5.78 Å². The molecule has 25 heavy (non-hydrogen) atoms. The van der Waals surface area contributed by atoms with Gasteiger partial charge in [-0.3, -0.25) is 4.79 Å². The molecule has 0 aliphatic heterocycles. The molecule has 5 nitrogen and oxygen atoms in total. The van der Waals surface area contributed by atoms with Crippen molar-refractivity contribution in [3.63, 3.8) is 0 Å². The Morgan fingerprint density at radius 2 is 2.04 bits per heavy atom. The maximum absolute atomic E-state index is 12.3. The number of carbonyl (C=O) groups is 2. The first-order valence-corrected chi connectivity index (χ1v) is 8.85. The lowest BCUT2D eigenvalue weighted by molar-refractivity contribution is -0.149. The van der Waals surface area contributed by atoms with Gasteiger partial charge >= 0.3 is 5.97 Å². The zero-order valence-corrected chi connectivity index (χ0v) is 15.5. The van der Waals surface area contributed by atoms with E-state index in [1.807, 2.05) is 5.38 Å². The van der Waals surface area contributed by atoms with Gasteiger partial charge in [0.25, 0.3) is 0 Å². The van der Waals surface area contributed by atoms with Crippen LogP contribution in [0.3, 0.4) is 0 Å². The fraction of sp³-hybridized carbons (Fsp3) is 0.333. The Morgan fingerprint density at radius 3 is 2.64 bits per heavy atom. The van der Waals surface area contributed by atoms with E-state index < -0.39 is 11.4 Å². The Kier molecular flexibility index (Phi) is 6.58. The number of aliphatic hydroxyl groups excluding tert-OH is 1. The summed E-state index contributed by atoms with van der Waals surface area (Å²) < 4.78 is 10.4. The molecule has 0 saturated carbocycles. The van der Waals surface area contributed by atoms with Crippen LogP contribution >= 0.6 is 22.9 Å². The Hall–Kier alpha value is -1.89. The van der Waals surface area contributed by atoms with Gasteiger partial charge in [-0.2, -0.15) is 0 Å². The minimum absolute atomic E-state index is 0.0906. The highest BCUT2D eigenvalue weighted by molar-refractivity contribution is 7.12. The summed E-state index contributed by atoms with van der Waals surface area (Å²) in [5.41, 5.74) is -0.0519. The molecule has 2 aromatic rings.